The zero-order chi connectivity index (χ0) is 17.1. The molecule has 7 heteroatoms. The molecule has 6 nitrogen and oxygen atoms in total. The van der Waals surface area contributed by atoms with E-state index in [1.165, 1.54) is 6.07 Å². The predicted octanol–water partition coefficient (Wildman–Crippen LogP) is 3.51. The number of thiophene rings is 1. The molecule has 3 rings (SSSR count). The molecule has 1 atom stereocenters. The fourth-order valence-electron chi connectivity index (χ4n) is 3.05. The molecule has 1 saturated heterocycles. The minimum absolute atomic E-state index is 0.00394. The molecule has 1 fully saturated rings. The average molecular weight is 346 g/mol. The van der Waals surface area contributed by atoms with Gasteiger partial charge in [-0.05, 0) is 37.0 Å². The molecule has 24 heavy (non-hydrogen) atoms. The van der Waals surface area contributed by atoms with Crippen LogP contribution in [0.4, 0.5) is 5.00 Å². The Labute approximate surface area is 143 Å². The van der Waals surface area contributed by atoms with Crippen molar-refractivity contribution < 1.29 is 14.5 Å². The van der Waals surface area contributed by atoms with Crippen LogP contribution in [0.25, 0.3) is 0 Å². The van der Waals surface area contributed by atoms with Crippen LogP contribution >= 0.6 is 11.3 Å². The molecular weight excluding hydrogens is 328 g/mol. The van der Waals surface area contributed by atoms with E-state index in [1.54, 1.807) is 12.5 Å². The molecule has 1 aliphatic rings. The van der Waals surface area contributed by atoms with Gasteiger partial charge in [0, 0.05) is 24.0 Å². The maximum atomic E-state index is 12.7. The number of hydrogen-bond acceptors (Lipinski definition) is 5. The van der Waals surface area contributed by atoms with Crippen molar-refractivity contribution in [3.8, 4) is 5.75 Å². The van der Waals surface area contributed by atoms with E-state index in [0.717, 1.165) is 41.9 Å². The smallest absolute Gasteiger partial charge is 0.324 e. The molecule has 126 valence electrons. The van der Waals surface area contributed by atoms with Crippen LogP contribution < -0.4 is 4.74 Å². The fraction of sp³-hybridized carbons (Fsp3) is 0.353. The summed E-state index contributed by atoms with van der Waals surface area (Å²) in [5.41, 5.74) is 1.56. The quantitative estimate of drug-likeness (QED) is 0.613. The fourth-order valence-corrected chi connectivity index (χ4v) is 3.75. The molecule has 1 aromatic heterocycles. The Morgan fingerprint density at radius 2 is 2.17 bits per heavy atom. The van der Waals surface area contributed by atoms with E-state index < -0.39 is 4.92 Å². The number of likely N-dealkylation sites (tertiary alicyclic amines) is 1. The normalized spacial score (nSPS) is 17.0. The standard InChI is InChI=1S/C17H18N2O4S/c1-23-15-6-4-12(5-7-15)9-14-3-2-8-18(14)17(20)13-10-16(19(21)22)24-11-13/h4-7,10-11,14H,2-3,8-9H2,1H3. The van der Waals surface area contributed by atoms with Crippen LogP contribution in [0.1, 0.15) is 28.8 Å². The first-order chi connectivity index (χ1) is 11.6. The molecule has 0 radical (unpaired) electrons. The number of nitro groups is 1. The highest BCUT2D eigenvalue weighted by Crippen LogP contribution is 2.28. The van der Waals surface area contributed by atoms with Crippen LogP contribution in [0.5, 0.6) is 5.75 Å². The van der Waals surface area contributed by atoms with Gasteiger partial charge in [-0.25, -0.2) is 0 Å². The van der Waals surface area contributed by atoms with Crippen molar-refractivity contribution in [3.05, 3.63) is 57.0 Å². The second-order valence-corrected chi connectivity index (χ2v) is 6.67. The van der Waals surface area contributed by atoms with Gasteiger partial charge in [-0.1, -0.05) is 23.5 Å². The van der Waals surface area contributed by atoms with Crippen molar-refractivity contribution in [2.24, 2.45) is 0 Å². The lowest BCUT2D eigenvalue weighted by atomic mass is 10.0. The number of carbonyl (C=O) groups is 1. The monoisotopic (exact) mass is 346 g/mol. The van der Waals surface area contributed by atoms with E-state index in [9.17, 15) is 14.9 Å². The molecule has 1 unspecified atom stereocenters. The third kappa shape index (κ3) is 3.41. The zero-order valence-corrected chi connectivity index (χ0v) is 14.1. The summed E-state index contributed by atoms with van der Waals surface area (Å²) in [7, 11) is 1.63. The Morgan fingerprint density at radius 3 is 2.79 bits per heavy atom. The van der Waals surface area contributed by atoms with Gasteiger partial charge in [-0.2, -0.15) is 0 Å². The number of methoxy groups -OCH3 is 1. The minimum atomic E-state index is -0.458. The SMILES string of the molecule is COc1ccc(CC2CCCN2C(=O)c2csc([N+](=O)[O-])c2)cc1. The third-order valence-electron chi connectivity index (χ3n) is 4.28. The summed E-state index contributed by atoms with van der Waals surface area (Å²) in [6.45, 7) is 0.698. The summed E-state index contributed by atoms with van der Waals surface area (Å²) in [6, 6.07) is 9.35. The Bertz CT molecular complexity index is 741. The van der Waals surface area contributed by atoms with Crippen molar-refractivity contribution in [1.82, 2.24) is 4.90 Å². The first kappa shape index (κ1) is 16.4. The number of nitrogens with zero attached hydrogens (tertiary/aromatic N) is 2. The molecule has 1 aromatic carbocycles. The zero-order valence-electron chi connectivity index (χ0n) is 13.3. The first-order valence-corrected chi connectivity index (χ1v) is 8.63. The van der Waals surface area contributed by atoms with Crippen LogP contribution in [0.3, 0.4) is 0 Å². The summed E-state index contributed by atoms with van der Waals surface area (Å²) in [4.78, 5) is 24.9. The highest BCUT2D eigenvalue weighted by atomic mass is 32.1. The van der Waals surface area contributed by atoms with Crippen molar-refractivity contribution in [2.75, 3.05) is 13.7 Å². The second kappa shape index (κ2) is 7.00. The number of amides is 1. The molecule has 1 amide bonds. The van der Waals surface area contributed by atoms with Crippen LogP contribution in [0.2, 0.25) is 0 Å². The Kier molecular flexibility index (Phi) is 4.80. The maximum Gasteiger partial charge on any atom is 0.324 e. The molecule has 1 aliphatic heterocycles. The van der Waals surface area contributed by atoms with Crippen molar-refractivity contribution >= 4 is 22.2 Å². The average Bonchev–Trinajstić information content (AvgIpc) is 3.24. The Balaban J connectivity index is 1.71. The van der Waals surface area contributed by atoms with Crippen molar-refractivity contribution in [3.63, 3.8) is 0 Å². The van der Waals surface area contributed by atoms with Gasteiger partial charge in [0.15, 0.2) is 0 Å². The number of carbonyl (C=O) groups excluding carboxylic acids is 1. The van der Waals surface area contributed by atoms with Crippen molar-refractivity contribution in [2.45, 2.75) is 25.3 Å². The van der Waals surface area contributed by atoms with E-state index in [0.29, 0.717) is 12.1 Å². The topological polar surface area (TPSA) is 72.7 Å². The van der Waals surface area contributed by atoms with E-state index >= 15 is 0 Å². The summed E-state index contributed by atoms with van der Waals surface area (Å²) < 4.78 is 5.16. The predicted molar refractivity (Wildman–Crippen MR) is 91.7 cm³/mol. The number of rotatable bonds is 5. The minimum Gasteiger partial charge on any atom is -0.497 e. The van der Waals surface area contributed by atoms with Crippen LogP contribution in [-0.4, -0.2) is 35.4 Å². The van der Waals surface area contributed by atoms with Crippen LogP contribution in [0.15, 0.2) is 35.7 Å². The molecule has 0 saturated carbocycles. The van der Waals surface area contributed by atoms with Gasteiger partial charge in [-0.15, -0.1) is 0 Å². The number of hydrogen-bond donors (Lipinski definition) is 0. The molecule has 0 spiro atoms. The number of benzene rings is 1. The largest absolute Gasteiger partial charge is 0.497 e. The lowest BCUT2D eigenvalue weighted by molar-refractivity contribution is -0.380. The lowest BCUT2D eigenvalue weighted by Gasteiger charge is -2.24. The summed E-state index contributed by atoms with van der Waals surface area (Å²) in [5, 5.41) is 12.4. The van der Waals surface area contributed by atoms with Gasteiger partial charge in [0.25, 0.3) is 5.91 Å². The summed E-state index contributed by atoms with van der Waals surface area (Å²) >= 11 is 0.994. The van der Waals surface area contributed by atoms with E-state index in [-0.39, 0.29) is 17.0 Å². The van der Waals surface area contributed by atoms with Gasteiger partial charge in [0.2, 0.25) is 0 Å². The summed E-state index contributed by atoms with van der Waals surface area (Å²) in [6.07, 6.45) is 2.69. The van der Waals surface area contributed by atoms with Crippen LogP contribution in [0, 0.1) is 10.1 Å². The van der Waals surface area contributed by atoms with Crippen molar-refractivity contribution in [1.29, 1.82) is 0 Å². The second-order valence-electron chi connectivity index (χ2n) is 5.78. The molecule has 0 bridgehead atoms. The first-order valence-electron chi connectivity index (χ1n) is 7.75. The highest BCUT2D eigenvalue weighted by molar-refractivity contribution is 7.13. The van der Waals surface area contributed by atoms with Gasteiger partial charge in [0.05, 0.1) is 17.6 Å². The molecular formula is C17H18N2O4S. The Morgan fingerprint density at radius 1 is 1.42 bits per heavy atom. The molecule has 0 N–H and O–H groups in total. The van der Waals surface area contributed by atoms with Crippen LogP contribution in [-0.2, 0) is 6.42 Å². The van der Waals surface area contributed by atoms with E-state index in [1.807, 2.05) is 29.2 Å². The highest BCUT2D eigenvalue weighted by Gasteiger charge is 2.30. The summed E-state index contributed by atoms with van der Waals surface area (Å²) in [5.74, 6) is 0.694. The number of ether oxygens (including phenoxy) is 1. The molecule has 2 heterocycles. The maximum absolute atomic E-state index is 12.7. The molecule has 0 aliphatic carbocycles. The van der Waals surface area contributed by atoms with E-state index in [4.69, 9.17) is 4.74 Å². The molecule has 2 aromatic rings. The Hall–Kier alpha value is -2.41. The van der Waals surface area contributed by atoms with Gasteiger partial charge >= 0.3 is 5.00 Å². The third-order valence-corrected chi connectivity index (χ3v) is 5.16. The van der Waals surface area contributed by atoms with E-state index in [2.05, 4.69) is 0 Å². The van der Waals surface area contributed by atoms with Gasteiger partial charge in [0.1, 0.15) is 5.75 Å². The van der Waals surface area contributed by atoms with Gasteiger partial charge < -0.3 is 9.64 Å². The van der Waals surface area contributed by atoms with Gasteiger partial charge in [-0.3, -0.25) is 14.9 Å². The lowest BCUT2D eigenvalue weighted by Crippen LogP contribution is -2.36.